The standard InChI is InChI=1S/C13H22O3/c1-9(2)16-12-6-13(7-12)4-11(5-13)15-8-10(3)14/h9,11-12H,4-8H2,1-3H3. The van der Waals surface area contributed by atoms with Gasteiger partial charge in [-0.3, -0.25) is 4.79 Å². The monoisotopic (exact) mass is 226 g/mol. The fourth-order valence-electron chi connectivity index (χ4n) is 2.98. The topological polar surface area (TPSA) is 35.5 Å². The minimum absolute atomic E-state index is 0.121. The SMILES string of the molecule is CC(=O)COC1CC2(C1)CC(OC(C)C)C2. The van der Waals surface area contributed by atoms with Crippen molar-refractivity contribution in [3.8, 4) is 0 Å². The van der Waals surface area contributed by atoms with Crippen LogP contribution in [0.15, 0.2) is 0 Å². The molecule has 0 saturated heterocycles. The van der Waals surface area contributed by atoms with Crippen molar-refractivity contribution in [3.63, 3.8) is 0 Å². The molecule has 2 aliphatic rings. The largest absolute Gasteiger partial charge is 0.376 e. The van der Waals surface area contributed by atoms with Gasteiger partial charge >= 0.3 is 0 Å². The number of carbonyl (C=O) groups is 1. The van der Waals surface area contributed by atoms with E-state index in [-0.39, 0.29) is 12.4 Å². The van der Waals surface area contributed by atoms with E-state index in [2.05, 4.69) is 13.8 Å². The summed E-state index contributed by atoms with van der Waals surface area (Å²) in [5.41, 5.74) is 0.501. The number of hydrogen-bond donors (Lipinski definition) is 0. The van der Waals surface area contributed by atoms with E-state index in [4.69, 9.17) is 9.47 Å². The minimum atomic E-state index is 0.121. The first kappa shape index (κ1) is 12.1. The maximum Gasteiger partial charge on any atom is 0.155 e. The Bertz CT molecular complexity index is 258. The molecule has 0 aromatic rings. The van der Waals surface area contributed by atoms with Crippen molar-refractivity contribution in [2.45, 2.75) is 64.8 Å². The first-order valence-electron chi connectivity index (χ1n) is 6.26. The van der Waals surface area contributed by atoms with Crippen LogP contribution in [-0.4, -0.2) is 30.7 Å². The molecule has 0 atom stereocenters. The number of Topliss-reactive ketones (excluding diaryl/α,β-unsaturated/α-hetero) is 1. The van der Waals surface area contributed by atoms with Gasteiger partial charge in [-0.25, -0.2) is 0 Å². The van der Waals surface area contributed by atoms with Gasteiger partial charge in [-0.15, -0.1) is 0 Å². The lowest BCUT2D eigenvalue weighted by atomic mass is 9.53. The van der Waals surface area contributed by atoms with Gasteiger partial charge in [-0.1, -0.05) is 0 Å². The Hall–Kier alpha value is -0.410. The van der Waals surface area contributed by atoms with E-state index >= 15 is 0 Å². The molecule has 2 rings (SSSR count). The maximum atomic E-state index is 10.8. The first-order valence-corrected chi connectivity index (χ1v) is 6.26. The molecule has 2 aliphatic carbocycles. The van der Waals surface area contributed by atoms with Gasteiger partial charge in [0.1, 0.15) is 6.61 Å². The number of ketones is 1. The molecule has 0 N–H and O–H groups in total. The zero-order valence-corrected chi connectivity index (χ0v) is 10.5. The zero-order valence-electron chi connectivity index (χ0n) is 10.5. The average Bonchev–Trinajstić information content (AvgIpc) is 2.03. The second kappa shape index (κ2) is 4.46. The lowest BCUT2D eigenvalue weighted by molar-refractivity contribution is -0.185. The fourth-order valence-corrected chi connectivity index (χ4v) is 2.98. The zero-order chi connectivity index (χ0) is 11.8. The smallest absolute Gasteiger partial charge is 0.155 e. The first-order chi connectivity index (χ1) is 7.49. The summed E-state index contributed by atoms with van der Waals surface area (Å²) in [6.45, 7) is 6.03. The fraction of sp³-hybridized carbons (Fsp3) is 0.923. The van der Waals surface area contributed by atoms with E-state index < -0.39 is 0 Å². The van der Waals surface area contributed by atoms with Crippen molar-refractivity contribution in [2.24, 2.45) is 5.41 Å². The van der Waals surface area contributed by atoms with Gasteiger partial charge in [0.05, 0.1) is 18.3 Å². The molecule has 1 spiro atoms. The van der Waals surface area contributed by atoms with Crippen molar-refractivity contribution in [1.82, 2.24) is 0 Å². The molecule has 2 fully saturated rings. The quantitative estimate of drug-likeness (QED) is 0.721. The van der Waals surface area contributed by atoms with Crippen LogP contribution >= 0.6 is 0 Å². The third kappa shape index (κ3) is 2.64. The predicted octanol–water partition coefficient (Wildman–Crippen LogP) is 2.33. The number of hydrogen-bond acceptors (Lipinski definition) is 3. The van der Waals surface area contributed by atoms with Crippen molar-refractivity contribution in [3.05, 3.63) is 0 Å². The van der Waals surface area contributed by atoms with Crippen LogP contribution < -0.4 is 0 Å². The molecule has 3 nitrogen and oxygen atoms in total. The van der Waals surface area contributed by atoms with Crippen molar-refractivity contribution in [1.29, 1.82) is 0 Å². The van der Waals surface area contributed by atoms with Crippen LogP contribution in [0.5, 0.6) is 0 Å². The normalized spacial score (nSPS) is 37.2. The van der Waals surface area contributed by atoms with Gasteiger partial charge < -0.3 is 9.47 Å². The van der Waals surface area contributed by atoms with E-state index in [0.717, 1.165) is 12.8 Å². The molecular formula is C13H22O3. The summed E-state index contributed by atoms with van der Waals surface area (Å²) in [5.74, 6) is 0.121. The van der Waals surface area contributed by atoms with Gasteiger partial charge in [0, 0.05) is 0 Å². The van der Waals surface area contributed by atoms with Crippen LogP contribution in [0.25, 0.3) is 0 Å². The van der Waals surface area contributed by atoms with Crippen LogP contribution in [0.3, 0.4) is 0 Å². The molecule has 0 bridgehead atoms. The number of ether oxygens (including phenoxy) is 2. The highest BCUT2D eigenvalue weighted by atomic mass is 16.5. The van der Waals surface area contributed by atoms with Gasteiger partial charge in [0.15, 0.2) is 5.78 Å². The Balaban J connectivity index is 1.61. The second-order valence-corrected chi connectivity index (χ2v) is 5.76. The Labute approximate surface area is 97.5 Å². The van der Waals surface area contributed by atoms with Gasteiger partial charge in [-0.2, -0.15) is 0 Å². The van der Waals surface area contributed by atoms with Crippen LogP contribution in [0.2, 0.25) is 0 Å². The molecular weight excluding hydrogens is 204 g/mol. The van der Waals surface area contributed by atoms with Gasteiger partial charge in [-0.05, 0) is 51.9 Å². The highest BCUT2D eigenvalue weighted by Gasteiger charge is 2.53. The highest BCUT2D eigenvalue weighted by Crippen LogP contribution is 2.57. The summed E-state index contributed by atoms with van der Waals surface area (Å²) in [7, 11) is 0. The summed E-state index contributed by atoms with van der Waals surface area (Å²) in [6.07, 6.45) is 5.75. The molecule has 0 heterocycles. The summed E-state index contributed by atoms with van der Waals surface area (Å²) in [5, 5.41) is 0. The van der Waals surface area contributed by atoms with Crippen LogP contribution in [0, 0.1) is 5.41 Å². The van der Waals surface area contributed by atoms with Crippen molar-refractivity contribution < 1.29 is 14.3 Å². The molecule has 0 unspecified atom stereocenters. The van der Waals surface area contributed by atoms with Gasteiger partial charge in [0.2, 0.25) is 0 Å². The molecule has 0 aromatic heterocycles. The number of carbonyl (C=O) groups excluding carboxylic acids is 1. The summed E-state index contributed by atoms with van der Waals surface area (Å²) < 4.78 is 11.3. The van der Waals surface area contributed by atoms with E-state index in [0.29, 0.717) is 23.7 Å². The molecule has 2 saturated carbocycles. The molecule has 92 valence electrons. The Morgan fingerprint density at radius 2 is 1.81 bits per heavy atom. The maximum absolute atomic E-state index is 10.8. The Kier molecular flexibility index (Phi) is 3.36. The number of rotatable bonds is 5. The summed E-state index contributed by atoms with van der Waals surface area (Å²) >= 11 is 0. The van der Waals surface area contributed by atoms with Gasteiger partial charge in [0.25, 0.3) is 0 Å². The third-order valence-electron chi connectivity index (χ3n) is 3.63. The van der Waals surface area contributed by atoms with E-state index in [9.17, 15) is 4.79 Å². The summed E-state index contributed by atoms with van der Waals surface area (Å²) in [4.78, 5) is 10.8. The molecule has 0 amide bonds. The second-order valence-electron chi connectivity index (χ2n) is 5.76. The Morgan fingerprint density at radius 1 is 1.25 bits per heavy atom. The summed E-state index contributed by atoms with van der Waals surface area (Å²) in [6, 6.07) is 0. The van der Waals surface area contributed by atoms with Crippen LogP contribution in [-0.2, 0) is 14.3 Å². The third-order valence-corrected chi connectivity index (χ3v) is 3.63. The lowest BCUT2D eigenvalue weighted by Gasteiger charge is -2.57. The minimum Gasteiger partial charge on any atom is -0.376 e. The average molecular weight is 226 g/mol. The molecule has 0 aliphatic heterocycles. The van der Waals surface area contributed by atoms with E-state index in [1.165, 1.54) is 12.8 Å². The van der Waals surface area contributed by atoms with Crippen LogP contribution in [0.1, 0.15) is 46.5 Å². The molecule has 3 heteroatoms. The molecule has 0 aromatic carbocycles. The predicted molar refractivity (Wildman–Crippen MR) is 61.3 cm³/mol. The Morgan fingerprint density at radius 3 is 2.31 bits per heavy atom. The molecule has 16 heavy (non-hydrogen) atoms. The van der Waals surface area contributed by atoms with E-state index in [1.807, 2.05) is 0 Å². The molecule has 0 radical (unpaired) electrons. The highest BCUT2D eigenvalue weighted by molar-refractivity contribution is 5.76. The van der Waals surface area contributed by atoms with E-state index in [1.54, 1.807) is 6.92 Å². The van der Waals surface area contributed by atoms with Crippen molar-refractivity contribution >= 4 is 5.78 Å². The lowest BCUT2D eigenvalue weighted by Crippen LogP contribution is -2.54. The van der Waals surface area contributed by atoms with Crippen molar-refractivity contribution in [2.75, 3.05) is 6.61 Å². The van der Waals surface area contributed by atoms with Crippen LogP contribution in [0.4, 0.5) is 0 Å².